The third-order valence-corrected chi connectivity index (χ3v) is 2.66. The number of esters is 1. The van der Waals surface area contributed by atoms with E-state index in [0.717, 1.165) is 11.1 Å². The highest BCUT2D eigenvalue weighted by atomic mass is 79.9. The molecule has 1 heterocycles. The van der Waals surface area contributed by atoms with Crippen LogP contribution >= 0.6 is 0 Å². The second-order valence-electron chi connectivity index (χ2n) is 3.94. The number of hydrogen-bond donors (Lipinski definition) is 0. The number of carbonyl (C=O) groups excluding carboxylic acids is 1. The van der Waals surface area contributed by atoms with Crippen molar-refractivity contribution in [2.24, 2.45) is 7.05 Å². The van der Waals surface area contributed by atoms with Crippen molar-refractivity contribution in [3.8, 4) is 11.1 Å². The van der Waals surface area contributed by atoms with Crippen LogP contribution < -0.4 is 21.5 Å². The molecule has 0 N–H and O–H groups in total. The molecular formula is C14H13BrFNO2. The van der Waals surface area contributed by atoms with Gasteiger partial charge in [0.1, 0.15) is 18.4 Å². The van der Waals surface area contributed by atoms with Gasteiger partial charge in [0.2, 0.25) is 0 Å². The van der Waals surface area contributed by atoms with Crippen molar-refractivity contribution in [2.45, 2.75) is 0 Å². The number of nitrogens with zero attached hydrogens (tertiary/aromatic N) is 1. The monoisotopic (exact) mass is 325 g/mol. The van der Waals surface area contributed by atoms with Crippen LogP contribution in [0.15, 0.2) is 42.7 Å². The van der Waals surface area contributed by atoms with Gasteiger partial charge in [-0.2, -0.15) is 0 Å². The molecule has 5 heteroatoms. The minimum atomic E-state index is -0.412. The number of pyridine rings is 1. The largest absolute Gasteiger partial charge is 1.00 e. The van der Waals surface area contributed by atoms with Crippen molar-refractivity contribution in [1.29, 1.82) is 0 Å². The van der Waals surface area contributed by atoms with Crippen molar-refractivity contribution in [3.05, 3.63) is 54.1 Å². The summed E-state index contributed by atoms with van der Waals surface area (Å²) < 4.78 is 19.4. The molecule has 0 atom stereocenters. The Morgan fingerprint density at radius 1 is 1.21 bits per heavy atom. The minimum Gasteiger partial charge on any atom is -1.00 e. The predicted octanol–water partition coefficient (Wildman–Crippen LogP) is -0.892. The zero-order valence-electron chi connectivity index (χ0n) is 10.6. The van der Waals surface area contributed by atoms with Gasteiger partial charge in [-0.05, 0) is 17.7 Å². The highest BCUT2D eigenvalue weighted by Crippen LogP contribution is 2.23. The van der Waals surface area contributed by atoms with E-state index < -0.39 is 5.97 Å². The van der Waals surface area contributed by atoms with Gasteiger partial charge in [-0.15, -0.1) is 0 Å². The van der Waals surface area contributed by atoms with E-state index in [0.29, 0.717) is 5.56 Å². The summed E-state index contributed by atoms with van der Waals surface area (Å²) >= 11 is 0. The zero-order valence-corrected chi connectivity index (χ0v) is 12.1. The Balaban J connectivity index is 0.00000180. The molecule has 0 saturated carbocycles. The summed E-state index contributed by atoms with van der Waals surface area (Å²) in [6, 6.07) is 7.81. The van der Waals surface area contributed by atoms with E-state index in [9.17, 15) is 9.18 Å². The van der Waals surface area contributed by atoms with Gasteiger partial charge < -0.3 is 21.7 Å². The van der Waals surface area contributed by atoms with Crippen molar-refractivity contribution in [3.63, 3.8) is 0 Å². The summed E-state index contributed by atoms with van der Waals surface area (Å²) in [5.41, 5.74) is 1.95. The smallest absolute Gasteiger partial charge is 0.344 e. The fraction of sp³-hybridized carbons (Fsp3) is 0.143. The van der Waals surface area contributed by atoms with Gasteiger partial charge in [-0.25, -0.2) is 13.8 Å². The second-order valence-corrected chi connectivity index (χ2v) is 3.94. The maximum absolute atomic E-state index is 12.9. The molecule has 0 spiro atoms. The molecule has 3 nitrogen and oxygen atoms in total. The van der Waals surface area contributed by atoms with E-state index in [4.69, 9.17) is 4.74 Å². The molecule has 1 aromatic carbocycles. The normalized spacial score (nSPS) is 9.63. The average molecular weight is 326 g/mol. The van der Waals surface area contributed by atoms with E-state index in [1.807, 2.05) is 13.2 Å². The van der Waals surface area contributed by atoms with Crippen LogP contribution in [0.3, 0.4) is 0 Å². The Morgan fingerprint density at radius 2 is 1.84 bits per heavy atom. The van der Waals surface area contributed by atoms with Gasteiger partial charge in [0.05, 0.1) is 7.11 Å². The van der Waals surface area contributed by atoms with Crippen LogP contribution in [-0.4, -0.2) is 13.1 Å². The molecule has 0 aliphatic rings. The van der Waals surface area contributed by atoms with E-state index in [1.54, 1.807) is 29.0 Å². The first-order valence-electron chi connectivity index (χ1n) is 5.45. The molecule has 2 rings (SSSR count). The third kappa shape index (κ3) is 3.38. The quantitative estimate of drug-likeness (QED) is 0.529. The van der Waals surface area contributed by atoms with Crippen molar-refractivity contribution >= 4 is 5.97 Å². The number of hydrogen-bond acceptors (Lipinski definition) is 2. The summed E-state index contributed by atoms with van der Waals surface area (Å²) in [6.07, 6.45) is 3.51. The summed E-state index contributed by atoms with van der Waals surface area (Å²) in [7, 11) is 3.16. The molecule has 0 aliphatic heterocycles. The average Bonchev–Trinajstić information content (AvgIpc) is 2.39. The molecule has 0 radical (unpaired) electrons. The molecule has 0 fully saturated rings. The lowest BCUT2D eigenvalue weighted by molar-refractivity contribution is -0.671. The van der Waals surface area contributed by atoms with E-state index in [1.165, 1.54) is 19.2 Å². The molecular weight excluding hydrogens is 313 g/mol. The van der Waals surface area contributed by atoms with Crippen molar-refractivity contribution in [1.82, 2.24) is 0 Å². The lowest BCUT2D eigenvalue weighted by atomic mass is 10.0. The van der Waals surface area contributed by atoms with Crippen molar-refractivity contribution < 1.29 is 35.5 Å². The maximum Gasteiger partial charge on any atom is 0.344 e. The molecule has 0 unspecified atom stereocenters. The van der Waals surface area contributed by atoms with E-state index in [-0.39, 0.29) is 22.8 Å². The molecule has 100 valence electrons. The number of rotatable bonds is 2. The summed E-state index contributed by atoms with van der Waals surface area (Å²) in [6.45, 7) is 0. The molecule has 0 aliphatic carbocycles. The summed E-state index contributed by atoms with van der Waals surface area (Å²) in [5, 5.41) is 0. The lowest BCUT2D eigenvalue weighted by Crippen LogP contribution is -3.00. The number of aromatic nitrogens is 1. The fourth-order valence-electron chi connectivity index (χ4n) is 1.75. The topological polar surface area (TPSA) is 30.2 Å². The number of ether oxygens (including phenoxy) is 1. The number of halogens is 2. The Morgan fingerprint density at radius 3 is 2.42 bits per heavy atom. The number of aryl methyl sites for hydroxylation is 1. The lowest BCUT2D eigenvalue weighted by Gasteiger charge is -2.06. The van der Waals surface area contributed by atoms with Gasteiger partial charge in [-0.1, -0.05) is 12.1 Å². The zero-order chi connectivity index (χ0) is 13.1. The van der Waals surface area contributed by atoms with Crippen molar-refractivity contribution in [2.75, 3.05) is 7.11 Å². The van der Waals surface area contributed by atoms with Gasteiger partial charge in [0.25, 0.3) is 0 Å². The summed E-state index contributed by atoms with van der Waals surface area (Å²) in [5.74, 6) is -0.717. The first-order valence-corrected chi connectivity index (χ1v) is 5.45. The Bertz CT molecular complexity index is 584. The Labute approximate surface area is 121 Å². The van der Waals surface area contributed by atoms with Crippen LogP contribution in [-0.2, 0) is 11.8 Å². The first kappa shape index (κ1) is 15.3. The Hall–Kier alpha value is -1.75. The van der Waals surface area contributed by atoms with Gasteiger partial charge in [0.15, 0.2) is 12.4 Å². The number of carbonyl (C=O) groups is 1. The van der Waals surface area contributed by atoms with E-state index >= 15 is 0 Å². The fourth-order valence-corrected chi connectivity index (χ4v) is 1.75. The second kappa shape index (κ2) is 6.43. The Kier molecular flexibility index (Phi) is 5.18. The predicted molar refractivity (Wildman–Crippen MR) is 64.4 cm³/mol. The minimum absolute atomic E-state index is 0. The molecule has 0 saturated heterocycles. The SMILES string of the molecule is COC(=O)c1c[n+](C)ccc1-c1ccc(F)cc1.[Br-]. The van der Waals surface area contributed by atoms with Gasteiger partial charge in [0, 0.05) is 11.6 Å². The molecule has 0 amide bonds. The molecule has 0 bridgehead atoms. The highest BCUT2D eigenvalue weighted by Gasteiger charge is 2.17. The van der Waals surface area contributed by atoms with Gasteiger partial charge >= 0.3 is 5.97 Å². The maximum atomic E-state index is 12.9. The standard InChI is InChI=1S/C14H13FNO2.BrH/c1-16-8-7-12(13(9-16)14(17)18-2)10-3-5-11(15)6-4-10;/h3-9H,1-2H3;1H/q+1;/p-1. The van der Waals surface area contributed by atoms with E-state index in [2.05, 4.69) is 0 Å². The van der Waals surface area contributed by atoms with Gasteiger partial charge in [-0.3, -0.25) is 0 Å². The molecule has 2 aromatic rings. The highest BCUT2D eigenvalue weighted by molar-refractivity contribution is 5.96. The molecule has 19 heavy (non-hydrogen) atoms. The summed E-state index contributed by atoms with van der Waals surface area (Å²) in [4.78, 5) is 11.7. The number of benzene rings is 1. The van der Waals surface area contributed by atoms with Crippen LogP contribution in [0.1, 0.15) is 10.4 Å². The van der Waals surface area contributed by atoms with Crippen LogP contribution in [0, 0.1) is 5.82 Å². The molecule has 1 aromatic heterocycles. The van der Waals surface area contributed by atoms with Crippen LogP contribution in [0.4, 0.5) is 4.39 Å². The van der Waals surface area contributed by atoms with Crippen LogP contribution in [0.2, 0.25) is 0 Å². The third-order valence-electron chi connectivity index (χ3n) is 2.66. The number of methoxy groups -OCH3 is 1. The van der Waals surface area contributed by atoms with Crippen LogP contribution in [0.5, 0.6) is 0 Å². The van der Waals surface area contributed by atoms with Crippen LogP contribution in [0.25, 0.3) is 11.1 Å². The first-order chi connectivity index (χ1) is 8.61.